The van der Waals surface area contributed by atoms with E-state index in [-0.39, 0.29) is 35.7 Å². The molecule has 3 aliphatic rings. The van der Waals surface area contributed by atoms with Crippen LogP contribution in [0.4, 0.5) is 4.79 Å². The molecule has 0 radical (unpaired) electrons. The lowest BCUT2D eigenvalue weighted by atomic mass is 9.78. The monoisotopic (exact) mass is 721 g/mol. The second-order valence-electron chi connectivity index (χ2n) is 14.8. The molecular formula is C37H41Cl2N5O6. The van der Waals surface area contributed by atoms with Crippen molar-refractivity contribution >= 4 is 46.2 Å². The molecule has 3 fully saturated rings. The van der Waals surface area contributed by atoms with Gasteiger partial charge in [0.05, 0.1) is 42.3 Å². The van der Waals surface area contributed by atoms with Crippen molar-refractivity contribution in [3.63, 3.8) is 0 Å². The highest BCUT2D eigenvalue weighted by Crippen LogP contribution is 2.43. The number of benzene rings is 2. The Hall–Kier alpha value is -3.90. The molecule has 2 aromatic heterocycles. The summed E-state index contributed by atoms with van der Waals surface area (Å²) in [5, 5.41) is 12.6. The molecule has 2 saturated heterocycles. The Morgan fingerprint density at radius 1 is 1.02 bits per heavy atom. The maximum absolute atomic E-state index is 13.7. The molecule has 2 aliphatic heterocycles. The quantitative estimate of drug-likeness (QED) is 0.254. The number of halogens is 2. The van der Waals surface area contributed by atoms with Gasteiger partial charge >= 0.3 is 6.09 Å². The fourth-order valence-corrected chi connectivity index (χ4v) is 7.55. The average molecular weight is 723 g/mol. The van der Waals surface area contributed by atoms with Crippen molar-refractivity contribution in [3.05, 3.63) is 92.6 Å². The molecule has 1 aliphatic carbocycles. The molecule has 1 N–H and O–H groups in total. The van der Waals surface area contributed by atoms with E-state index in [4.69, 9.17) is 32.7 Å². The van der Waals surface area contributed by atoms with Gasteiger partial charge in [-0.05, 0) is 101 Å². The molecule has 1 saturated carbocycles. The summed E-state index contributed by atoms with van der Waals surface area (Å²) >= 11 is 12.7. The van der Waals surface area contributed by atoms with E-state index in [0.29, 0.717) is 71.5 Å². The highest BCUT2D eigenvalue weighted by molar-refractivity contribution is 6.31. The third-order valence-corrected chi connectivity index (χ3v) is 10.6. The largest absolute Gasteiger partial charge is 0.444 e. The molecule has 1 unspecified atom stereocenters. The van der Waals surface area contributed by atoms with Crippen LogP contribution in [0.1, 0.15) is 74.8 Å². The molecule has 1 atom stereocenters. The molecule has 50 heavy (non-hydrogen) atoms. The van der Waals surface area contributed by atoms with E-state index >= 15 is 0 Å². The number of fused-ring (bicyclic) bond motifs is 1. The smallest absolute Gasteiger partial charge is 0.410 e. The normalized spacial score (nSPS) is 20.2. The van der Waals surface area contributed by atoms with Gasteiger partial charge < -0.3 is 19.5 Å². The number of carbonyl (C=O) groups is 2. The van der Waals surface area contributed by atoms with Gasteiger partial charge in [0.25, 0.3) is 11.5 Å². The topological polar surface area (TPSA) is 119 Å². The number of ether oxygens (including phenoxy) is 2. The van der Waals surface area contributed by atoms with Gasteiger partial charge in [0.2, 0.25) is 0 Å². The number of amides is 2. The maximum Gasteiger partial charge on any atom is 0.410 e. The summed E-state index contributed by atoms with van der Waals surface area (Å²) in [6.07, 6.45) is 4.63. The Morgan fingerprint density at radius 3 is 2.32 bits per heavy atom. The molecule has 4 aromatic rings. The number of morpholine rings is 1. The SMILES string of the molecule is CC(C)(C)OC(=O)N1CC2(CCC2)OCC1c1ccc(-n2c(Cl)cc3c(=O)n(CC4(O)CCN(C(=O)c5ccc(Cl)cc5)CC4)cnc32)cc1. The first-order chi connectivity index (χ1) is 23.7. The van der Waals surface area contributed by atoms with Crippen LogP contribution in [0.3, 0.4) is 0 Å². The Morgan fingerprint density at radius 2 is 1.70 bits per heavy atom. The van der Waals surface area contributed by atoms with Gasteiger partial charge in [0.1, 0.15) is 17.1 Å². The number of aliphatic hydroxyl groups is 1. The summed E-state index contributed by atoms with van der Waals surface area (Å²) in [7, 11) is 0. The van der Waals surface area contributed by atoms with Crippen molar-refractivity contribution in [2.24, 2.45) is 0 Å². The zero-order chi connectivity index (χ0) is 35.4. The molecule has 0 bridgehead atoms. The molecule has 7 rings (SSSR count). The van der Waals surface area contributed by atoms with Crippen LogP contribution in [-0.2, 0) is 16.0 Å². The van der Waals surface area contributed by atoms with Crippen LogP contribution >= 0.6 is 23.2 Å². The van der Waals surface area contributed by atoms with Crippen molar-refractivity contribution in [3.8, 4) is 5.69 Å². The lowest BCUT2D eigenvalue weighted by Crippen LogP contribution is -2.58. The van der Waals surface area contributed by atoms with Crippen LogP contribution < -0.4 is 5.56 Å². The van der Waals surface area contributed by atoms with Gasteiger partial charge in [-0.25, -0.2) is 9.78 Å². The number of hydrogen-bond donors (Lipinski definition) is 1. The van der Waals surface area contributed by atoms with Crippen LogP contribution in [0, 0.1) is 0 Å². The highest BCUT2D eigenvalue weighted by atomic mass is 35.5. The molecule has 2 aromatic carbocycles. The van der Waals surface area contributed by atoms with Crippen molar-refractivity contribution in [1.29, 1.82) is 0 Å². The second kappa shape index (κ2) is 13.0. The van der Waals surface area contributed by atoms with Crippen LogP contribution in [0.15, 0.2) is 65.7 Å². The summed E-state index contributed by atoms with van der Waals surface area (Å²) < 4.78 is 15.2. The summed E-state index contributed by atoms with van der Waals surface area (Å²) in [5.41, 5.74) is 0.0918. The standard InChI is InChI=1S/C37H41Cl2N5O6/c1-35(2,3)50-34(47)43-22-37(13-4-14-37)49-20-29(43)24-7-11-27(12-8-24)44-30(39)19-28-31(44)40-23-42(33(28)46)21-36(48)15-17-41(18-16-36)32(45)25-5-9-26(38)10-6-25/h5-12,19,23,29,48H,4,13-18,20-22H2,1-3H3. The Balaban J connectivity index is 1.07. The summed E-state index contributed by atoms with van der Waals surface area (Å²) in [5.74, 6) is -0.123. The Kier molecular flexibility index (Phi) is 8.99. The predicted octanol–water partition coefficient (Wildman–Crippen LogP) is 6.39. The first kappa shape index (κ1) is 34.5. The minimum absolute atomic E-state index is 0.0359. The number of carbonyl (C=O) groups excluding carboxylic acids is 2. The molecule has 13 heteroatoms. The van der Waals surface area contributed by atoms with Crippen LogP contribution in [-0.4, -0.2) is 84.1 Å². The fraction of sp³-hybridized carbons (Fsp3) is 0.459. The van der Waals surface area contributed by atoms with Crippen LogP contribution in [0.25, 0.3) is 16.7 Å². The number of aromatic nitrogens is 3. The fourth-order valence-electron chi connectivity index (χ4n) is 7.14. The molecule has 4 heterocycles. The van der Waals surface area contributed by atoms with Crippen LogP contribution in [0.2, 0.25) is 10.2 Å². The third kappa shape index (κ3) is 6.76. The lowest BCUT2D eigenvalue weighted by molar-refractivity contribution is -0.168. The first-order valence-electron chi connectivity index (χ1n) is 17.0. The van der Waals surface area contributed by atoms with Gasteiger partial charge in [0, 0.05) is 29.4 Å². The summed E-state index contributed by atoms with van der Waals surface area (Å²) in [6, 6.07) is 15.6. The van der Waals surface area contributed by atoms with Crippen molar-refractivity contribution in [2.45, 2.75) is 82.3 Å². The number of nitrogens with zero attached hydrogens (tertiary/aromatic N) is 5. The number of piperidine rings is 1. The molecule has 1 spiro atoms. The van der Waals surface area contributed by atoms with E-state index in [1.54, 1.807) is 44.7 Å². The molecule has 2 amide bonds. The zero-order valence-electron chi connectivity index (χ0n) is 28.4. The number of likely N-dealkylation sites (tertiary alicyclic amines) is 1. The van der Waals surface area contributed by atoms with Crippen molar-refractivity contribution < 1.29 is 24.2 Å². The summed E-state index contributed by atoms with van der Waals surface area (Å²) in [6.45, 7) is 7.18. The summed E-state index contributed by atoms with van der Waals surface area (Å²) in [4.78, 5) is 48.0. The second-order valence-corrected chi connectivity index (χ2v) is 15.6. The van der Waals surface area contributed by atoms with Crippen molar-refractivity contribution in [2.75, 3.05) is 26.2 Å². The maximum atomic E-state index is 13.7. The Bertz CT molecular complexity index is 1970. The minimum Gasteiger partial charge on any atom is -0.444 e. The van der Waals surface area contributed by atoms with Gasteiger partial charge in [0.15, 0.2) is 5.65 Å². The van der Waals surface area contributed by atoms with Crippen LogP contribution in [0.5, 0.6) is 0 Å². The van der Waals surface area contributed by atoms with E-state index in [1.807, 2.05) is 45.0 Å². The van der Waals surface area contributed by atoms with E-state index < -0.39 is 11.2 Å². The molecule has 11 nitrogen and oxygen atoms in total. The number of hydrogen-bond acceptors (Lipinski definition) is 7. The van der Waals surface area contributed by atoms with Gasteiger partial charge in [-0.1, -0.05) is 35.3 Å². The van der Waals surface area contributed by atoms with E-state index in [0.717, 1.165) is 24.8 Å². The molecule has 264 valence electrons. The van der Waals surface area contributed by atoms with Gasteiger partial charge in [-0.2, -0.15) is 0 Å². The van der Waals surface area contributed by atoms with E-state index in [9.17, 15) is 19.5 Å². The molecular weight excluding hydrogens is 681 g/mol. The third-order valence-electron chi connectivity index (χ3n) is 10.1. The zero-order valence-corrected chi connectivity index (χ0v) is 29.9. The van der Waals surface area contributed by atoms with Crippen molar-refractivity contribution in [1.82, 2.24) is 23.9 Å². The van der Waals surface area contributed by atoms with Gasteiger partial charge in [-0.3, -0.25) is 23.6 Å². The van der Waals surface area contributed by atoms with E-state index in [1.165, 1.54) is 10.9 Å². The first-order valence-corrected chi connectivity index (χ1v) is 17.8. The highest BCUT2D eigenvalue weighted by Gasteiger charge is 2.47. The number of rotatable bonds is 5. The average Bonchev–Trinajstić information content (AvgIpc) is 3.41. The minimum atomic E-state index is -1.19. The van der Waals surface area contributed by atoms with E-state index in [2.05, 4.69) is 4.98 Å². The lowest BCUT2D eigenvalue weighted by Gasteiger charge is -2.51. The predicted molar refractivity (Wildman–Crippen MR) is 190 cm³/mol. The Labute approximate surface area is 300 Å². The van der Waals surface area contributed by atoms with Gasteiger partial charge in [-0.15, -0.1) is 0 Å².